The number of esters is 1. The highest BCUT2D eigenvalue weighted by molar-refractivity contribution is 7.54. The van der Waals surface area contributed by atoms with E-state index in [1.54, 1.807) is 18.9 Å². The van der Waals surface area contributed by atoms with Crippen LogP contribution in [0.2, 0.25) is 0 Å². The highest BCUT2D eigenvalue weighted by atomic mass is 31.2. The van der Waals surface area contributed by atoms with Gasteiger partial charge in [0.05, 0.1) is 25.6 Å². The third kappa shape index (κ3) is 17.9. The Morgan fingerprint density at radius 3 is 1.51 bits per heavy atom. The first-order valence-corrected chi connectivity index (χ1v) is 24.6. The van der Waals surface area contributed by atoms with E-state index >= 15 is 0 Å². The van der Waals surface area contributed by atoms with Gasteiger partial charge in [0.25, 0.3) is 5.78 Å². The fraction of sp³-hybridized carbons (Fsp3) is 0.681. The van der Waals surface area contributed by atoms with Gasteiger partial charge in [-0.3, -0.25) is 19.0 Å². The Bertz CT molecular complexity index is 1660. The summed E-state index contributed by atoms with van der Waals surface area (Å²) in [5, 5.41) is 3.53. The van der Waals surface area contributed by atoms with E-state index in [1.807, 2.05) is 156 Å². The molecule has 0 spiro atoms. The highest BCUT2D eigenvalue weighted by Gasteiger charge is 2.53. The van der Waals surface area contributed by atoms with Crippen molar-refractivity contribution in [2.24, 2.45) is 10.8 Å². The summed E-state index contributed by atoms with van der Waals surface area (Å²) < 4.78 is 57.5. The van der Waals surface area contributed by atoms with Crippen LogP contribution in [0.25, 0.3) is 0 Å². The Kier molecular flexibility index (Phi) is 22.0. The maximum absolute atomic E-state index is 14.5. The minimum absolute atomic E-state index is 0.0585. The smallest absolute Gasteiger partial charge is 0.495 e. The molecule has 14 heteroatoms. The van der Waals surface area contributed by atoms with Crippen molar-refractivity contribution < 1.29 is 46.6 Å². The SMILES string of the molecule is C=C(CCCCC(=O)OCC(ON(C(C(C)(C)C)P(=O)(OCC)OCC)C(C)(C)C)c1ccccc1)OCC(ON(C([P+](=O)OCC)C(C)(C)C)C(C)(C)C)c1ccccc1. The Balaban J connectivity index is 2.15. The summed E-state index contributed by atoms with van der Waals surface area (Å²) in [6.07, 6.45) is 0.690. The first kappa shape index (κ1) is 54.6. The number of hydroxylamine groups is 4. The molecule has 0 heterocycles. The number of carbonyl (C=O) groups is 1. The van der Waals surface area contributed by atoms with Gasteiger partial charge < -0.3 is 18.5 Å². The average Bonchev–Trinajstić information content (AvgIpc) is 3.14. The van der Waals surface area contributed by atoms with Crippen molar-refractivity contribution in [3.8, 4) is 0 Å². The van der Waals surface area contributed by atoms with E-state index in [1.165, 1.54) is 0 Å². The lowest BCUT2D eigenvalue weighted by Crippen LogP contribution is -2.54. The van der Waals surface area contributed by atoms with E-state index in [0.29, 0.717) is 31.6 Å². The number of nitrogens with zero attached hydrogens (tertiary/aromatic N) is 2. The van der Waals surface area contributed by atoms with Crippen molar-refractivity contribution in [3.63, 3.8) is 0 Å². The van der Waals surface area contributed by atoms with Crippen LogP contribution >= 0.6 is 15.6 Å². The summed E-state index contributed by atoms with van der Waals surface area (Å²) in [7, 11) is -5.81. The number of hydrogen-bond acceptors (Lipinski definition) is 12. The molecule has 0 saturated carbocycles. The van der Waals surface area contributed by atoms with Gasteiger partial charge in [-0.25, -0.2) is 0 Å². The van der Waals surface area contributed by atoms with Gasteiger partial charge in [0.2, 0.25) is 0 Å². The minimum Gasteiger partial charge on any atom is -0.495 e. The zero-order valence-electron chi connectivity index (χ0n) is 40.0. The van der Waals surface area contributed by atoms with Crippen LogP contribution in [0.5, 0.6) is 0 Å². The van der Waals surface area contributed by atoms with E-state index < -0.39 is 61.3 Å². The lowest BCUT2D eigenvalue weighted by Gasteiger charge is -2.48. The summed E-state index contributed by atoms with van der Waals surface area (Å²) in [6, 6.07) is 19.4. The zero-order valence-corrected chi connectivity index (χ0v) is 41.8. The van der Waals surface area contributed by atoms with E-state index in [2.05, 4.69) is 6.58 Å². The van der Waals surface area contributed by atoms with Crippen molar-refractivity contribution in [1.29, 1.82) is 0 Å². The Morgan fingerprint density at radius 1 is 0.656 bits per heavy atom. The number of rotatable bonds is 26. The largest absolute Gasteiger partial charge is 0.530 e. The first-order chi connectivity index (χ1) is 28.3. The van der Waals surface area contributed by atoms with Gasteiger partial charge in [-0.05, 0) is 96.3 Å². The number of benzene rings is 2. The lowest BCUT2D eigenvalue weighted by molar-refractivity contribution is -0.275. The van der Waals surface area contributed by atoms with Crippen LogP contribution in [0.4, 0.5) is 0 Å². The molecule has 0 saturated heterocycles. The average molecular weight is 894 g/mol. The molecule has 12 nitrogen and oxygen atoms in total. The highest BCUT2D eigenvalue weighted by Crippen LogP contribution is 2.61. The fourth-order valence-electron chi connectivity index (χ4n) is 6.69. The molecule has 5 atom stereocenters. The monoisotopic (exact) mass is 894 g/mol. The van der Waals surface area contributed by atoms with E-state index in [0.717, 1.165) is 11.1 Å². The summed E-state index contributed by atoms with van der Waals surface area (Å²) in [4.78, 5) is 26.7. The van der Waals surface area contributed by atoms with Crippen LogP contribution in [0.15, 0.2) is 73.0 Å². The molecule has 0 aromatic heterocycles. The normalized spacial score (nSPS) is 15.3. The summed E-state index contributed by atoms with van der Waals surface area (Å²) >= 11 is 0. The maximum Gasteiger partial charge on any atom is 0.530 e. The Morgan fingerprint density at radius 2 is 1.10 bits per heavy atom. The molecule has 0 amide bonds. The standard InChI is InChI=1S/C47H79N2O10P2/c1-17-55-60(51)42(44(5,6)7)48(46(11,12)13)58-39(37-29-22-20-23-30-37)34-53-36(4)28-26-27-33-41(50)54-35-40(38-31-24-21-25-32-38)59-49(47(14,15)16)43(45(8,9)10)61(52,56-18-2)57-19-3/h20-25,29-32,39-40,42-43H,4,17-19,26-28,33-35H2,1-3,5-16H3/q+1. The predicted molar refractivity (Wildman–Crippen MR) is 245 cm³/mol. The van der Waals surface area contributed by atoms with E-state index in [9.17, 15) is 13.9 Å². The fourth-order valence-corrected chi connectivity index (χ4v) is 11.0. The predicted octanol–water partition coefficient (Wildman–Crippen LogP) is 13.0. The quantitative estimate of drug-likeness (QED) is 0.0294. The molecule has 0 aliphatic rings. The molecule has 0 aliphatic carbocycles. The molecule has 2 rings (SSSR count). The summed E-state index contributed by atoms with van der Waals surface area (Å²) in [5.74, 6) is -1.12. The Labute approximate surface area is 369 Å². The molecule has 0 fully saturated rings. The third-order valence-electron chi connectivity index (χ3n) is 9.43. The number of unbranched alkanes of at least 4 members (excludes halogenated alkanes) is 1. The minimum atomic E-state index is -3.72. The molecule has 2 aromatic carbocycles. The van der Waals surface area contributed by atoms with Crippen molar-refractivity contribution in [2.75, 3.05) is 33.0 Å². The van der Waals surface area contributed by atoms with Crippen LogP contribution in [0.1, 0.15) is 153 Å². The van der Waals surface area contributed by atoms with Crippen LogP contribution in [-0.4, -0.2) is 71.8 Å². The van der Waals surface area contributed by atoms with E-state index in [-0.39, 0.29) is 38.8 Å². The number of allylic oxidation sites excluding steroid dienone is 1. The molecular weight excluding hydrogens is 814 g/mol. The molecular formula is C47H79N2O10P2+. The van der Waals surface area contributed by atoms with Gasteiger partial charge in [0.1, 0.15) is 31.2 Å². The van der Waals surface area contributed by atoms with Gasteiger partial charge in [0.15, 0.2) is 0 Å². The summed E-state index contributed by atoms with van der Waals surface area (Å²) in [6.45, 7) is 34.5. The van der Waals surface area contributed by atoms with Gasteiger partial charge in [0, 0.05) is 29.3 Å². The summed E-state index contributed by atoms with van der Waals surface area (Å²) in [5.41, 5.74) is -0.497. The molecule has 61 heavy (non-hydrogen) atoms. The lowest BCUT2D eigenvalue weighted by atomic mass is 9.94. The molecule has 0 aliphatic heterocycles. The van der Waals surface area contributed by atoms with Crippen molar-refractivity contribution in [2.45, 2.75) is 164 Å². The van der Waals surface area contributed by atoms with Crippen LogP contribution < -0.4 is 0 Å². The number of carbonyl (C=O) groups excluding carboxylic acids is 1. The Hall–Kier alpha value is -2.50. The molecule has 5 unspecified atom stereocenters. The van der Waals surface area contributed by atoms with Crippen molar-refractivity contribution in [1.82, 2.24) is 10.1 Å². The van der Waals surface area contributed by atoms with Gasteiger partial charge in [-0.2, -0.15) is 5.06 Å². The molecule has 2 aromatic rings. The molecule has 0 bridgehead atoms. The van der Waals surface area contributed by atoms with E-state index in [4.69, 9.17) is 32.7 Å². The number of ether oxygens (including phenoxy) is 2. The van der Waals surface area contributed by atoms with Gasteiger partial charge in [-0.15, -0.1) is 9.59 Å². The van der Waals surface area contributed by atoms with Crippen LogP contribution in [-0.2, 0) is 46.6 Å². The second kappa shape index (κ2) is 24.5. The first-order valence-electron chi connectivity index (χ1n) is 21.8. The van der Waals surface area contributed by atoms with Crippen LogP contribution in [0.3, 0.4) is 0 Å². The second-order valence-electron chi connectivity index (χ2n) is 19.3. The molecule has 0 radical (unpaired) electrons. The van der Waals surface area contributed by atoms with Crippen molar-refractivity contribution >= 4 is 21.6 Å². The topological polar surface area (TPSA) is 122 Å². The molecule has 0 N–H and O–H groups in total. The second-order valence-corrected chi connectivity index (χ2v) is 22.7. The molecule has 346 valence electrons. The number of hydrogen-bond donors (Lipinski definition) is 0. The zero-order chi connectivity index (χ0) is 46.2. The van der Waals surface area contributed by atoms with Gasteiger partial charge >= 0.3 is 21.6 Å². The van der Waals surface area contributed by atoms with Gasteiger partial charge in [-0.1, -0.05) is 109 Å². The maximum atomic E-state index is 14.5. The van der Waals surface area contributed by atoms with Crippen LogP contribution in [0, 0.1) is 10.8 Å². The van der Waals surface area contributed by atoms with Crippen molar-refractivity contribution in [3.05, 3.63) is 84.1 Å². The third-order valence-corrected chi connectivity index (χ3v) is 14.2.